The molecule has 0 saturated heterocycles. The number of rotatable bonds is 4. The van der Waals surface area contributed by atoms with Gasteiger partial charge in [-0.05, 0) is 33.2 Å². The molecule has 5 nitrogen and oxygen atoms in total. The molecule has 0 atom stereocenters. The molecule has 1 heterocycles. The van der Waals surface area contributed by atoms with Crippen molar-refractivity contribution in [2.45, 2.75) is 27.2 Å². The molecule has 1 rings (SSSR count). The van der Waals surface area contributed by atoms with E-state index in [4.69, 9.17) is 9.47 Å². The quantitative estimate of drug-likeness (QED) is 0.621. The molecule has 0 spiro atoms. The van der Waals surface area contributed by atoms with Crippen molar-refractivity contribution in [3.05, 3.63) is 30.1 Å². The number of nitrogens with zero attached hydrogens (tertiary/aromatic N) is 2. The molecule has 0 fully saturated rings. The van der Waals surface area contributed by atoms with Crippen LogP contribution in [-0.2, 0) is 9.47 Å². The second-order valence-electron chi connectivity index (χ2n) is 3.53. The molecular formula is C14H26N2O3. The van der Waals surface area contributed by atoms with E-state index in [2.05, 4.69) is 4.98 Å². The molecule has 0 aromatic carbocycles. The maximum Gasteiger partial charge on any atom is 0.217 e. The fraction of sp³-hybridized carbons (Fsp3) is 0.571. The van der Waals surface area contributed by atoms with Crippen molar-refractivity contribution < 1.29 is 14.3 Å². The Morgan fingerprint density at radius 2 is 1.58 bits per heavy atom. The number of Topliss-reactive ketones (excluding diaryl/α,β-unsaturated/α-hetero) is 1. The van der Waals surface area contributed by atoms with E-state index in [1.807, 2.05) is 32.8 Å². The highest BCUT2D eigenvalue weighted by molar-refractivity contribution is 5.93. The van der Waals surface area contributed by atoms with Crippen LogP contribution in [-0.4, -0.2) is 50.4 Å². The summed E-state index contributed by atoms with van der Waals surface area (Å²) in [7, 11) is 6.98. The third-order valence-corrected chi connectivity index (χ3v) is 1.91. The summed E-state index contributed by atoms with van der Waals surface area (Å²) in [5.41, 5.74) is 0.713. The first-order valence-corrected chi connectivity index (χ1v) is 6.16. The van der Waals surface area contributed by atoms with E-state index >= 15 is 0 Å². The minimum absolute atomic E-state index is 0.0809. The van der Waals surface area contributed by atoms with E-state index in [9.17, 15) is 4.79 Å². The Morgan fingerprint density at radius 1 is 1.16 bits per heavy atom. The zero-order valence-corrected chi connectivity index (χ0v) is 13.0. The number of carbonyl (C=O) groups excluding carboxylic acids is 1. The topological polar surface area (TPSA) is 51.7 Å². The predicted molar refractivity (Wildman–Crippen MR) is 77.1 cm³/mol. The zero-order chi connectivity index (χ0) is 15.3. The Balaban J connectivity index is 0. The molecule has 0 amide bonds. The second-order valence-corrected chi connectivity index (χ2v) is 3.53. The lowest BCUT2D eigenvalue weighted by molar-refractivity contribution is -0.179. The van der Waals surface area contributed by atoms with E-state index in [1.165, 1.54) is 6.92 Å². The summed E-state index contributed by atoms with van der Waals surface area (Å²) in [6.07, 6.45) is 3.00. The lowest BCUT2D eigenvalue weighted by atomic mass is 10.2. The first kappa shape index (κ1) is 20.0. The summed E-state index contributed by atoms with van der Waals surface area (Å²) in [4.78, 5) is 16.2. The molecule has 0 radical (unpaired) electrons. The highest BCUT2D eigenvalue weighted by atomic mass is 16.7. The van der Waals surface area contributed by atoms with Crippen molar-refractivity contribution in [2.75, 3.05) is 28.3 Å². The van der Waals surface area contributed by atoms with Gasteiger partial charge in [0.05, 0.1) is 0 Å². The van der Waals surface area contributed by atoms with Gasteiger partial charge >= 0.3 is 0 Å². The molecule has 110 valence electrons. The normalized spacial score (nSPS) is 9.32. The van der Waals surface area contributed by atoms with Gasteiger partial charge in [-0.15, -0.1) is 0 Å². The van der Waals surface area contributed by atoms with Crippen LogP contribution < -0.4 is 0 Å². The van der Waals surface area contributed by atoms with E-state index in [0.717, 1.165) is 0 Å². The highest BCUT2D eigenvalue weighted by Gasteiger charge is 2.04. The van der Waals surface area contributed by atoms with Crippen molar-refractivity contribution >= 4 is 5.78 Å². The molecule has 0 saturated carbocycles. The molecule has 0 bridgehead atoms. The van der Waals surface area contributed by atoms with Crippen LogP contribution in [0.4, 0.5) is 0 Å². The van der Waals surface area contributed by atoms with Gasteiger partial charge in [0.2, 0.25) is 6.41 Å². The number of hydrogen-bond acceptors (Lipinski definition) is 5. The highest BCUT2D eigenvalue weighted by Crippen LogP contribution is 1.95. The van der Waals surface area contributed by atoms with E-state index in [1.54, 1.807) is 38.7 Å². The molecule has 0 unspecified atom stereocenters. The number of aromatic nitrogens is 1. The summed E-state index contributed by atoms with van der Waals surface area (Å²) in [6, 6.07) is 3.39. The predicted octanol–water partition coefficient (Wildman–Crippen LogP) is 2.43. The van der Waals surface area contributed by atoms with Crippen LogP contribution in [0.2, 0.25) is 0 Å². The van der Waals surface area contributed by atoms with Crippen molar-refractivity contribution in [1.82, 2.24) is 9.88 Å². The lowest BCUT2D eigenvalue weighted by Crippen LogP contribution is -2.30. The Hall–Kier alpha value is -1.30. The van der Waals surface area contributed by atoms with E-state index < -0.39 is 0 Å². The Kier molecular flexibility index (Phi) is 13.8. The van der Waals surface area contributed by atoms with Crippen molar-refractivity contribution in [1.29, 1.82) is 0 Å². The van der Waals surface area contributed by atoms with Gasteiger partial charge in [0.25, 0.3) is 0 Å². The summed E-state index contributed by atoms with van der Waals surface area (Å²) in [5.74, 6) is 0.0809. The Labute approximate surface area is 116 Å². The van der Waals surface area contributed by atoms with Crippen LogP contribution in [0.25, 0.3) is 0 Å². The van der Waals surface area contributed by atoms with Crippen molar-refractivity contribution in [2.24, 2.45) is 0 Å². The molecule has 19 heavy (non-hydrogen) atoms. The smallest absolute Gasteiger partial charge is 0.217 e. The maximum absolute atomic E-state index is 10.6. The molecule has 1 aromatic heterocycles. The first-order chi connectivity index (χ1) is 9.02. The number of pyridine rings is 1. The lowest BCUT2D eigenvalue weighted by Gasteiger charge is -2.19. The van der Waals surface area contributed by atoms with Crippen LogP contribution in [0.15, 0.2) is 24.5 Å². The van der Waals surface area contributed by atoms with Gasteiger partial charge in [0.15, 0.2) is 5.78 Å². The zero-order valence-electron chi connectivity index (χ0n) is 13.0. The number of ketones is 1. The average molecular weight is 270 g/mol. The summed E-state index contributed by atoms with van der Waals surface area (Å²) in [6.45, 7) is 5.54. The third kappa shape index (κ3) is 10.3. The standard InChI is InChI=1S/C7H7NO.C5H13NO2.C2H6/c1-6(9)7-2-4-8-5-3-7;1-6(2)5(7-3)8-4;1-2/h2-5H,1H3;5H,1-4H3;1-2H3. The van der Waals surface area contributed by atoms with Gasteiger partial charge in [-0.1, -0.05) is 13.8 Å². The molecule has 0 N–H and O–H groups in total. The van der Waals surface area contributed by atoms with Crippen LogP contribution in [0.3, 0.4) is 0 Å². The number of ether oxygens (including phenoxy) is 2. The minimum atomic E-state index is -0.213. The van der Waals surface area contributed by atoms with Crippen molar-refractivity contribution in [3.8, 4) is 0 Å². The van der Waals surface area contributed by atoms with E-state index in [-0.39, 0.29) is 12.2 Å². The molecule has 0 aliphatic heterocycles. The van der Waals surface area contributed by atoms with Gasteiger partial charge in [0.1, 0.15) is 0 Å². The van der Waals surface area contributed by atoms with Crippen LogP contribution in [0.1, 0.15) is 31.1 Å². The number of carbonyl (C=O) groups is 1. The summed E-state index contributed by atoms with van der Waals surface area (Å²) < 4.78 is 9.73. The van der Waals surface area contributed by atoms with Gasteiger partial charge in [-0.25, -0.2) is 0 Å². The average Bonchev–Trinajstić information content (AvgIpc) is 2.43. The summed E-state index contributed by atoms with van der Waals surface area (Å²) in [5, 5.41) is 0. The third-order valence-electron chi connectivity index (χ3n) is 1.91. The SMILES string of the molecule is CC.CC(=O)c1ccncc1.COC(OC)N(C)C. The number of methoxy groups -OCH3 is 2. The Morgan fingerprint density at radius 3 is 1.74 bits per heavy atom. The van der Waals surface area contributed by atoms with Gasteiger partial charge < -0.3 is 9.47 Å². The first-order valence-electron chi connectivity index (χ1n) is 6.16. The van der Waals surface area contributed by atoms with Gasteiger partial charge in [-0.2, -0.15) is 0 Å². The monoisotopic (exact) mass is 270 g/mol. The van der Waals surface area contributed by atoms with Gasteiger partial charge in [0, 0.05) is 32.2 Å². The fourth-order valence-electron chi connectivity index (χ4n) is 1.10. The molecule has 1 aromatic rings. The fourth-order valence-corrected chi connectivity index (χ4v) is 1.10. The molecule has 0 aliphatic carbocycles. The van der Waals surface area contributed by atoms with Crippen LogP contribution in [0.5, 0.6) is 0 Å². The van der Waals surface area contributed by atoms with Crippen LogP contribution in [0, 0.1) is 0 Å². The molecule has 0 aliphatic rings. The van der Waals surface area contributed by atoms with Crippen LogP contribution >= 0.6 is 0 Å². The molecular weight excluding hydrogens is 244 g/mol. The van der Waals surface area contributed by atoms with E-state index in [0.29, 0.717) is 5.56 Å². The van der Waals surface area contributed by atoms with Gasteiger partial charge in [-0.3, -0.25) is 14.7 Å². The minimum Gasteiger partial charge on any atom is -0.343 e. The second kappa shape index (κ2) is 13.1. The molecule has 5 heteroatoms. The number of hydrogen-bond donors (Lipinski definition) is 0. The Bertz CT molecular complexity index is 312. The van der Waals surface area contributed by atoms with Crippen molar-refractivity contribution in [3.63, 3.8) is 0 Å². The largest absolute Gasteiger partial charge is 0.343 e. The maximum atomic E-state index is 10.6. The summed E-state index contributed by atoms with van der Waals surface area (Å²) >= 11 is 0.